The highest BCUT2D eigenvalue weighted by atomic mass is 35.5. The zero-order valence-electron chi connectivity index (χ0n) is 20.9. The van der Waals surface area contributed by atoms with Crippen molar-refractivity contribution < 1.29 is 16.8 Å². The molecule has 0 bridgehead atoms. The van der Waals surface area contributed by atoms with Gasteiger partial charge in [0, 0.05) is 46.3 Å². The summed E-state index contributed by atoms with van der Waals surface area (Å²) >= 11 is 24.3. The van der Waals surface area contributed by atoms with Crippen molar-refractivity contribution in [2.45, 2.75) is 22.9 Å². The Hall–Kier alpha value is -2.14. The Morgan fingerprint density at radius 2 is 0.825 bits per heavy atom. The maximum absolute atomic E-state index is 13.8. The Morgan fingerprint density at radius 1 is 0.475 bits per heavy atom. The summed E-state index contributed by atoms with van der Waals surface area (Å²) in [5.74, 6) is 0. The average Bonchev–Trinajstić information content (AvgIpc) is 2.90. The summed E-state index contributed by atoms with van der Waals surface area (Å²) in [5.41, 5.74) is 1.29. The SMILES string of the molecule is O=S(=O)(c1ccc(Cl)cc1)N(CCN(Cc1cccc(Cl)c1)S(=O)(=O)c1ccc(Cl)cc1)Cc1cccc(Cl)c1. The molecule has 0 unspecified atom stereocenters. The summed E-state index contributed by atoms with van der Waals surface area (Å²) < 4.78 is 57.5. The van der Waals surface area contributed by atoms with E-state index in [1.165, 1.54) is 57.1 Å². The molecule has 0 aromatic heterocycles. The zero-order chi connectivity index (χ0) is 28.9. The van der Waals surface area contributed by atoms with Gasteiger partial charge in [-0.1, -0.05) is 70.7 Å². The first-order valence-corrected chi connectivity index (χ1v) is 16.3. The van der Waals surface area contributed by atoms with Crippen LogP contribution < -0.4 is 0 Å². The van der Waals surface area contributed by atoms with E-state index in [4.69, 9.17) is 46.4 Å². The quantitative estimate of drug-likeness (QED) is 0.169. The summed E-state index contributed by atoms with van der Waals surface area (Å²) in [6, 6.07) is 25.3. The van der Waals surface area contributed by atoms with Crippen LogP contribution in [-0.2, 0) is 33.1 Å². The molecule has 0 amide bonds. The normalized spacial score (nSPS) is 12.2. The van der Waals surface area contributed by atoms with Crippen molar-refractivity contribution in [3.05, 3.63) is 128 Å². The highest BCUT2D eigenvalue weighted by Gasteiger charge is 2.29. The predicted octanol–water partition coefficient (Wildman–Crippen LogP) is 7.38. The van der Waals surface area contributed by atoms with Crippen LogP contribution in [0.4, 0.5) is 0 Å². The monoisotopic (exact) mass is 656 g/mol. The Labute approximate surface area is 254 Å². The van der Waals surface area contributed by atoms with Crippen LogP contribution in [-0.4, -0.2) is 38.5 Å². The van der Waals surface area contributed by atoms with E-state index >= 15 is 0 Å². The van der Waals surface area contributed by atoms with Crippen LogP contribution in [0.1, 0.15) is 11.1 Å². The largest absolute Gasteiger partial charge is 0.243 e. The van der Waals surface area contributed by atoms with Gasteiger partial charge in [-0.25, -0.2) is 16.8 Å². The highest BCUT2D eigenvalue weighted by Crippen LogP contribution is 2.25. The number of hydrogen-bond acceptors (Lipinski definition) is 4. The van der Waals surface area contributed by atoms with Gasteiger partial charge >= 0.3 is 0 Å². The fourth-order valence-electron chi connectivity index (χ4n) is 3.98. The molecule has 0 spiro atoms. The topological polar surface area (TPSA) is 74.8 Å². The van der Waals surface area contributed by atoms with Crippen molar-refractivity contribution in [2.24, 2.45) is 0 Å². The molecule has 210 valence electrons. The first kappa shape index (κ1) is 30.8. The molecule has 4 aromatic carbocycles. The maximum atomic E-state index is 13.8. The Morgan fingerprint density at radius 3 is 1.15 bits per heavy atom. The molecular formula is C28H24Cl4N2O4S2. The first-order valence-electron chi connectivity index (χ1n) is 12.0. The summed E-state index contributed by atoms with van der Waals surface area (Å²) in [4.78, 5) is 0.0572. The molecule has 40 heavy (non-hydrogen) atoms. The Bertz CT molecular complexity index is 1560. The van der Waals surface area contributed by atoms with Crippen molar-refractivity contribution in [1.29, 1.82) is 0 Å². The van der Waals surface area contributed by atoms with Crippen molar-refractivity contribution in [2.75, 3.05) is 13.1 Å². The minimum atomic E-state index is -4.05. The van der Waals surface area contributed by atoms with E-state index in [2.05, 4.69) is 0 Å². The van der Waals surface area contributed by atoms with Crippen LogP contribution >= 0.6 is 46.4 Å². The number of halogens is 4. The second kappa shape index (κ2) is 13.2. The molecular weight excluding hydrogens is 634 g/mol. The van der Waals surface area contributed by atoms with E-state index in [0.29, 0.717) is 31.2 Å². The summed E-state index contributed by atoms with van der Waals surface area (Å²) in [6.07, 6.45) is 0. The van der Waals surface area contributed by atoms with Gasteiger partial charge in [0.25, 0.3) is 0 Å². The van der Waals surface area contributed by atoms with Gasteiger partial charge in [-0.05, 0) is 83.9 Å². The molecule has 0 aliphatic rings. The van der Waals surface area contributed by atoms with Gasteiger partial charge in [-0.15, -0.1) is 0 Å². The number of nitrogens with zero attached hydrogens (tertiary/aromatic N) is 2. The van der Waals surface area contributed by atoms with Crippen molar-refractivity contribution in [1.82, 2.24) is 8.61 Å². The molecule has 4 aromatic rings. The summed E-state index contributed by atoms with van der Waals surface area (Å²) in [6.45, 7) is -0.356. The average molecular weight is 658 g/mol. The fourth-order valence-corrected chi connectivity index (χ4v) is 7.50. The zero-order valence-corrected chi connectivity index (χ0v) is 25.6. The third kappa shape index (κ3) is 7.78. The third-order valence-corrected chi connectivity index (χ3v) is 10.7. The molecule has 0 atom stereocenters. The lowest BCUT2D eigenvalue weighted by atomic mass is 10.2. The van der Waals surface area contributed by atoms with Crippen LogP contribution in [0.25, 0.3) is 0 Å². The lowest BCUT2D eigenvalue weighted by Gasteiger charge is -2.27. The molecule has 0 saturated carbocycles. The van der Waals surface area contributed by atoms with E-state index in [9.17, 15) is 16.8 Å². The third-order valence-electron chi connectivity index (χ3n) is 6.00. The van der Waals surface area contributed by atoms with E-state index in [1.807, 2.05) is 0 Å². The van der Waals surface area contributed by atoms with Crippen molar-refractivity contribution in [3.8, 4) is 0 Å². The molecule has 0 fully saturated rings. The molecule has 6 nitrogen and oxygen atoms in total. The van der Waals surface area contributed by atoms with Crippen LogP contribution in [0.3, 0.4) is 0 Å². The van der Waals surface area contributed by atoms with Gasteiger partial charge in [-0.3, -0.25) is 0 Å². The maximum Gasteiger partial charge on any atom is 0.243 e. The highest BCUT2D eigenvalue weighted by molar-refractivity contribution is 7.89. The smallest absolute Gasteiger partial charge is 0.207 e. The molecule has 0 aliphatic carbocycles. The lowest BCUT2D eigenvalue weighted by Crippen LogP contribution is -2.40. The van der Waals surface area contributed by atoms with Crippen LogP contribution in [0.15, 0.2) is 107 Å². The van der Waals surface area contributed by atoms with Crippen molar-refractivity contribution >= 4 is 66.5 Å². The van der Waals surface area contributed by atoms with E-state index in [-0.39, 0.29) is 36.0 Å². The standard InChI is InChI=1S/C28H24Cl4N2O4S2/c29-23-7-11-27(12-8-23)39(35,36)33(19-21-3-1-5-25(31)17-21)15-16-34(20-22-4-2-6-26(32)18-22)40(37,38)28-13-9-24(30)10-14-28/h1-14,17-18H,15-16,19-20H2. The predicted molar refractivity (Wildman–Crippen MR) is 161 cm³/mol. The van der Waals surface area contributed by atoms with Crippen LogP contribution in [0, 0.1) is 0 Å². The molecule has 0 saturated heterocycles. The Kier molecular flexibility index (Phi) is 10.2. The molecule has 0 heterocycles. The summed E-state index contributed by atoms with van der Waals surface area (Å²) in [5, 5.41) is 1.69. The summed E-state index contributed by atoms with van der Waals surface area (Å²) in [7, 11) is -8.10. The Balaban J connectivity index is 1.70. The van der Waals surface area contributed by atoms with Gasteiger partial charge in [0.05, 0.1) is 9.79 Å². The molecule has 4 rings (SSSR count). The van der Waals surface area contributed by atoms with E-state index in [1.54, 1.807) is 48.5 Å². The number of sulfonamides is 2. The molecule has 12 heteroatoms. The van der Waals surface area contributed by atoms with Gasteiger partial charge in [0.2, 0.25) is 20.0 Å². The molecule has 0 radical (unpaired) electrons. The van der Waals surface area contributed by atoms with Crippen LogP contribution in [0.2, 0.25) is 20.1 Å². The minimum Gasteiger partial charge on any atom is -0.207 e. The second-order valence-electron chi connectivity index (χ2n) is 8.84. The fraction of sp³-hybridized carbons (Fsp3) is 0.143. The second-order valence-corrected chi connectivity index (χ2v) is 14.5. The number of hydrogen-bond donors (Lipinski definition) is 0. The van der Waals surface area contributed by atoms with Gasteiger partial charge in [0.1, 0.15) is 0 Å². The van der Waals surface area contributed by atoms with Crippen LogP contribution in [0.5, 0.6) is 0 Å². The molecule has 0 aliphatic heterocycles. The first-order chi connectivity index (χ1) is 18.9. The van der Waals surface area contributed by atoms with Gasteiger partial charge in [0.15, 0.2) is 0 Å². The van der Waals surface area contributed by atoms with Crippen molar-refractivity contribution in [3.63, 3.8) is 0 Å². The lowest BCUT2D eigenvalue weighted by molar-refractivity contribution is 0.336. The van der Waals surface area contributed by atoms with E-state index in [0.717, 1.165) is 0 Å². The number of rotatable bonds is 11. The molecule has 0 N–H and O–H groups in total. The van der Waals surface area contributed by atoms with E-state index < -0.39 is 20.0 Å². The van der Waals surface area contributed by atoms with Gasteiger partial charge < -0.3 is 0 Å². The number of benzene rings is 4. The minimum absolute atomic E-state index is 0.0286. The van der Waals surface area contributed by atoms with Gasteiger partial charge in [-0.2, -0.15) is 8.61 Å².